The summed E-state index contributed by atoms with van der Waals surface area (Å²) in [6, 6.07) is 8.64. The minimum Gasteiger partial charge on any atom is -0.379 e. The average molecular weight is 553 g/mol. The zero-order chi connectivity index (χ0) is 21.3. The van der Waals surface area contributed by atoms with E-state index in [-0.39, 0.29) is 24.0 Å². The number of benzene rings is 1. The van der Waals surface area contributed by atoms with Crippen LogP contribution in [-0.4, -0.2) is 65.5 Å². The fourth-order valence-electron chi connectivity index (χ4n) is 4.31. The third-order valence-electron chi connectivity index (χ3n) is 6.11. The van der Waals surface area contributed by atoms with Crippen molar-refractivity contribution in [1.29, 1.82) is 0 Å². The SMILES string of the molecule is CN=C(NCCc1nnc2n1CCCCC2)NCc1ccccc1CN1CCOCC1.I. The highest BCUT2D eigenvalue weighted by atomic mass is 127. The molecule has 0 spiro atoms. The van der Waals surface area contributed by atoms with Gasteiger partial charge in [0.1, 0.15) is 11.6 Å². The number of rotatable bonds is 7. The monoisotopic (exact) mass is 553 g/mol. The van der Waals surface area contributed by atoms with Crippen LogP contribution in [0.15, 0.2) is 29.3 Å². The molecule has 2 aliphatic heterocycles. The maximum absolute atomic E-state index is 5.47. The number of aromatic nitrogens is 3. The van der Waals surface area contributed by atoms with Crippen LogP contribution in [0.1, 0.15) is 42.0 Å². The second kappa shape index (κ2) is 13.1. The van der Waals surface area contributed by atoms with E-state index in [0.717, 1.165) is 82.9 Å². The topological polar surface area (TPSA) is 79.6 Å². The van der Waals surface area contributed by atoms with E-state index >= 15 is 0 Å². The second-order valence-electron chi connectivity index (χ2n) is 8.25. The molecule has 0 bridgehead atoms. The molecule has 0 amide bonds. The van der Waals surface area contributed by atoms with Gasteiger partial charge < -0.3 is 19.9 Å². The number of hydrogen-bond donors (Lipinski definition) is 2. The van der Waals surface area contributed by atoms with Gasteiger partial charge in [0, 0.05) is 59.2 Å². The number of nitrogens with one attached hydrogen (secondary N) is 2. The molecule has 2 aromatic rings. The lowest BCUT2D eigenvalue weighted by Crippen LogP contribution is -2.39. The maximum Gasteiger partial charge on any atom is 0.191 e. The summed E-state index contributed by atoms with van der Waals surface area (Å²) in [5, 5.41) is 15.7. The van der Waals surface area contributed by atoms with Gasteiger partial charge >= 0.3 is 0 Å². The molecule has 1 aromatic carbocycles. The predicted molar refractivity (Wildman–Crippen MR) is 137 cm³/mol. The Labute approximate surface area is 208 Å². The predicted octanol–water partition coefficient (Wildman–Crippen LogP) is 2.36. The molecule has 4 rings (SSSR count). The lowest BCUT2D eigenvalue weighted by molar-refractivity contribution is 0.0341. The molecule has 176 valence electrons. The summed E-state index contributed by atoms with van der Waals surface area (Å²) in [5.74, 6) is 3.04. The number of hydrogen-bond acceptors (Lipinski definition) is 5. The lowest BCUT2D eigenvalue weighted by atomic mass is 10.1. The van der Waals surface area contributed by atoms with E-state index in [4.69, 9.17) is 4.74 Å². The van der Waals surface area contributed by atoms with E-state index in [1.54, 1.807) is 0 Å². The molecule has 3 heterocycles. The highest BCUT2D eigenvalue weighted by Gasteiger charge is 2.15. The van der Waals surface area contributed by atoms with E-state index in [2.05, 4.69) is 59.6 Å². The Bertz CT molecular complexity index is 864. The summed E-state index contributed by atoms with van der Waals surface area (Å²) < 4.78 is 7.79. The first-order chi connectivity index (χ1) is 15.3. The van der Waals surface area contributed by atoms with Crippen molar-refractivity contribution < 1.29 is 4.74 Å². The van der Waals surface area contributed by atoms with Crippen LogP contribution in [0.2, 0.25) is 0 Å². The molecule has 0 aliphatic carbocycles. The van der Waals surface area contributed by atoms with Crippen LogP contribution in [0.3, 0.4) is 0 Å². The minimum atomic E-state index is 0. The van der Waals surface area contributed by atoms with Gasteiger partial charge in [0.2, 0.25) is 0 Å². The Morgan fingerprint density at radius 1 is 1.03 bits per heavy atom. The number of aryl methyl sites for hydroxylation is 1. The van der Waals surface area contributed by atoms with Gasteiger partial charge in [-0.3, -0.25) is 9.89 Å². The van der Waals surface area contributed by atoms with Crippen LogP contribution >= 0.6 is 24.0 Å². The van der Waals surface area contributed by atoms with Crippen molar-refractivity contribution >= 4 is 29.9 Å². The Balaban J connectivity index is 0.00000289. The van der Waals surface area contributed by atoms with Crippen LogP contribution in [-0.2, 0) is 37.2 Å². The molecule has 2 N–H and O–H groups in total. The van der Waals surface area contributed by atoms with Crippen molar-refractivity contribution in [3.05, 3.63) is 47.0 Å². The standard InChI is InChI=1S/C23H35N7O.HI/c1-24-23(25-11-10-22-28-27-21-9-3-2-6-12-30(21)22)26-17-19-7-4-5-8-20(19)18-29-13-15-31-16-14-29;/h4-5,7-8H,2-3,6,9-18H2,1H3,(H2,24,25,26);1H. The molecule has 1 aromatic heterocycles. The molecule has 1 saturated heterocycles. The Morgan fingerprint density at radius 3 is 2.66 bits per heavy atom. The van der Waals surface area contributed by atoms with Gasteiger partial charge in [-0.05, 0) is 24.0 Å². The first kappa shape index (κ1) is 24.9. The molecule has 0 saturated carbocycles. The normalized spacial score (nSPS) is 17.2. The van der Waals surface area contributed by atoms with Crippen molar-refractivity contribution in [2.75, 3.05) is 39.9 Å². The molecule has 1 fully saturated rings. The van der Waals surface area contributed by atoms with Crippen molar-refractivity contribution in [2.45, 2.75) is 51.7 Å². The van der Waals surface area contributed by atoms with Crippen LogP contribution in [0.25, 0.3) is 0 Å². The van der Waals surface area contributed by atoms with Crippen LogP contribution < -0.4 is 10.6 Å². The number of halogens is 1. The zero-order valence-electron chi connectivity index (χ0n) is 19.1. The summed E-state index contributed by atoms with van der Waals surface area (Å²) in [4.78, 5) is 6.85. The molecular formula is C23H36IN7O. The summed E-state index contributed by atoms with van der Waals surface area (Å²) in [7, 11) is 1.82. The van der Waals surface area contributed by atoms with Crippen LogP contribution in [0, 0.1) is 0 Å². The van der Waals surface area contributed by atoms with Gasteiger partial charge in [0.05, 0.1) is 13.2 Å². The quantitative estimate of drug-likeness (QED) is 0.312. The summed E-state index contributed by atoms with van der Waals surface area (Å²) in [5.41, 5.74) is 2.67. The molecule has 0 unspecified atom stereocenters. The number of aliphatic imine (C=N–C) groups is 1. The number of fused-ring (bicyclic) bond motifs is 1. The molecule has 8 nitrogen and oxygen atoms in total. The van der Waals surface area contributed by atoms with Gasteiger partial charge in [-0.25, -0.2) is 0 Å². The van der Waals surface area contributed by atoms with Gasteiger partial charge in [0.25, 0.3) is 0 Å². The largest absolute Gasteiger partial charge is 0.379 e. The van der Waals surface area contributed by atoms with Crippen molar-refractivity contribution in [2.24, 2.45) is 4.99 Å². The number of guanidine groups is 1. The van der Waals surface area contributed by atoms with E-state index in [1.165, 1.54) is 30.4 Å². The van der Waals surface area contributed by atoms with E-state index in [1.807, 2.05) is 7.05 Å². The van der Waals surface area contributed by atoms with Gasteiger partial charge in [-0.1, -0.05) is 30.7 Å². The van der Waals surface area contributed by atoms with E-state index < -0.39 is 0 Å². The van der Waals surface area contributed by atoms with Gasteiger partial charge in [0.15, 0.2) is 5.96 Å². The molecule has 0 atom stereocenters. The summed E-state index contributed by atoms with van der Waals surface area (Å²) in [6.07, 6.45) is 5.62. The Kier molecular flexibility index (Phi) is 10.2. The molecule has 9 heteroatoms. The maximum atomic E-state index is 5.47. The third-order valence-corrected chi connectivity index (χ3v) is 6.11. The minimum absolute atomic E-state index is 0. The Morgan fingerprint density at radius 2 is 1.84 bits per heavy atom. The fraction of sp³-hybridized carbons (Fsp3) is 0.609. The van der Waals surface area contributed by atoms with Crippen molar-refractivity contribution in [3.8, 4) is 0 Å². The highest BCUT2D eigenvalue weighted by Crippen LogP contribution is 2.15. The number of nitrogens with zero attached hydrogens (tertiary/aromatic N) is 5. The molecule has 32 heavy (non-hydrogen) atoms. The summed E-state index contributed by atoms with van der Waals surface area (Å²) in [6.45, 7) is 7.19. The number of ether oxygens (including phenoxy) is 1. The molecule has 0 radical (unpaired) electrons. The second-order valence-corrected chi connectivity index (χ2v) is 8.25. The Hall–Kier alpha value is -1.72. The van der Waals surface area contributed by atoms with Gasteiger partial charge in [-0.15, -0.1) is 34.2 Å². The van der Waals surface area contributed by atoms with Crippen LogP contribution in [0.4, 0.5) is 0 Å². The van der Waals surface area contributed by atoms with Crippen LogP contribution in [0.5, 0.6) is 0 Å². The third kappa shape index (κ3) is 6.89. The van der Waals surface area contributed by atoms with Gasteiger partial charge in [-0.2, -0.15) is 0 Å². The highest BCUT2D eigenvalue weighted by molar-refractivity contribution is 14.0. The zero-order valence-corrected chi connectivity index (χ0v) is 21.4. The first-order valence-electron chi connectivity index (χ1n) is 11.6. The fourth-order valence-corrected chi connectivity index (χ4v) is 4.31. The molecular weight excluding hydrogens is 517 g/mol. The lowest BCUT2D eigenvalue weighted by Gasteiger charge is -2.27. The first-order valence-corrected chi connectivity index (χ1v) is 11.6. The summed E-state index contributed by atoms with van der Waals surface area (Å²) >= 11 is 0. The van der Waals surface area contributed by atoms with Crippen molar-refractivity contribution in [1.82, 2.24) is 30.3 Å². The smallest absolute Gasteiger partial charge is 0.191 e. The molecule has 2 aliphatic rings. The van der Waals surface area contributed by atoms with Crippen molar-refractivity contribution in [3.63, 3.8) is 0 Å². The van der Waals surface area contributed by atoms with E-state index in [9.17, 15) is 0 Å². The number of morpholine rings is 1. The average Bonchev–Trinajstić information content (AvgIpc) is 3.03. The van der Waals surface area contributed by atoms with E-state index in [0.29, 0.717) is 0 Å².